The van der Waals surface area contributed by atoms with Crippen LogP contribution in [0.4, 0.5) is 0 Å². The number of benzene rings is 2. The van der Waals surface area contributed by atoms with Crippen LogP contribution in [0.2, 0.25) is 0 Å². The molecule has 0 unspecified atom stereocenters. The Morgan fingerprint density at radius 3 is 2.53 bits per heavy atom. The highest BCUT2D eigenvalue weighted by Gasteiger charge is 2.41. The van der Waals surface area contributed by atoms with Crippen LogP contribution in [0.25, 0.3) is 22.4 Å². The van der Waals surface area contributed by atoms with Crippen LogP contribution in [0.15, 0.2) is 47.4 Å². The topological polar surface area (TPSA) is 152 Å². The van der Waals surface area contributed by atoms with Gasteiger partial charge in [0.05, 0.1) is 33.8 Å². The third kappa shape index (κ3) is 6.28. The minimum Gasteiger partial charge on any atom is -0.491 e. The van der Waals surface area contributed by atoms with E-state index in [2.05, 4.69) is 19.9 Å². The Morgan fingerprint density at radius 1 is 1.04 bits per heavy atom. The number of pyridine rings is 1. The van der Waals surface area contributed by atoms with Crippen LogP contribution in [-0.4, -0.2) is 91.8 Å². The van der Waals surface area contributed by atoms with Crippen LogP contribution in [0.1, 0.15) is 63.1 Å². The smallest absolute Gasteiger partial charge is 0.261 e. The monoisotopic (exact) mass is 613 g/mol. The van der Waals surface area contributed by atoms with Crippen molar-refractivity contribution in [1.29, 1.82) is 0 Å². The molecule has 1 fully saturated rings. The molecule has 2 aromatic carbocycles. The number of ether oxygens (including phenoxy) is 1. The minimum atomic E-state index is -0.746. The van der Waals surface area contributed by atoms with Crippen molar-refractivity contribution in [1.82, 2.24) is 24.8 Å². The summed E-state index contributed by atoms with van der Waals surface area (Å²) >= 11 is 0. The number of aromatic amines is 2. The van der Waals surface area contributed by atoms with Crippen molar-refractivity contribution in [3.8, 4) is 17.1 Å². The summed E-state index contributed by atoms with van der Waals surface area (Å²) in [5, 5.41) is 19.8. The molecule has 0 saturated carbocycles. The maximum absolute atomic E-state index is 13.5. The van der Waals surface area contributed by atoms with E-state index in [1.807, 2.05) is 32.0 Å². The normalized spacial score (nSPS) is 16.5. The third-order valence-electron chi connectivity index (χ3n) is 8.87. The van der Waals surface area contributed by atoms with Crippen LogP contribution < -0.4 is 10.3 Å². The molecular weight excluding hydrogens is 574 g/mol. The largest absolute Gasteiger partial charge is 0.491 e. The molecule has 2 aromatic heterocycles. The Hall–Kier alpha value is -4.32. The number of likely N-dealkylation sites (tertiary alicyclic amines) is 1. The minimum absolute atomic E-state index is 0.126. The number of fused-ring (bicyclic) bond motifs is 2. The number of imidazole rings is 1. The molecule has 11 heteroatoms. The number of carbonyl (C=O) groups excluding carboxylic acids is 2. The number of imide groups is 1. The van der Waals surface area contributed by atoms with Crippen molar-refractivity contribution in [2.45, 2.75) is 58.1 Å². The van der Waals surface area contributed by atoms with Gasteiger partial charge < -0.3 is 29.8 Å². The maximum atomic E-state index is 13.5. The number of amides is 2. The van der Waals surface area contributed by atoms with E-state index < -0.39 is 6.10 Å². The Morgan fingerprint density at radius 2 is 1.80 bits per heavy atom. The number of nitrogens with zero attached hydrogens (tertiary/aromatic N) is 3. The van der Waals surface area contributed by atoms with Gasteiger partial charge in [-0.15, -0.1) is 0 Å². The molecule has 0 bridgehead atoms. The van der Waals surface area contributed by atoms with Crippen LogP contribution in [0.5, 0.6) is 5.75 Å². The van der Waals surface area contributed by atoms with Gasteiger partial charge in [0.15, 0.2) is 0 Å². The summed E-state index contributed by atoms with van der Waals surface area (Å²) in [6.07, 6.45) is 3.71. The van der Waals surface area contributed by atoms with Gasteiger partial charge in [0.1, 0.15) is 18.2 Å². The van der Waals surface area contributed by atoms with Gasteiger partial charge in [-0.25, -0.2) is 4.98 Å². The van der Waals surface area contributed by atoms with Crippen molar-refractivity contribution in [3.63, 3.8) is 0 Å². The predicted octanol–water partition coefficient (Wildman–Crippen LogP) is 3.35. The van der Waals surface area contributed by atoms with Crippen LogP contribution in [-0.2, 0) is 6.42 Å². The summed E-state index contributed by atoms with van der Waals surface area (Å²) in [4.78, 5) is 54.1. The average Bonchev–Trinajstić information content (AvgIpc) is 3.54. The van der Waals surface area contributed by atoms with Gasteiger partial charge in [-0.2, -0.15) is 0 Å². The standard InChI is InChI=1S/C34H39N5O6/c1-20-4-7-29(21(2)16-20)45-19-24(41)6-5-22-8-11-35-32(42)30(22)31-36-27-17-25-26(18-28(27)37-31)34(44)39(33(25)43)23-9-13-38(14-10-23)12-3-15-40/h4,7-8,11,16-18,23-24,40-41H,3,5-6,9-10,12-15,19H2,1-2H3,(H,35,42)(H,36,37)/t24-/m1/s1. The van der Waals surface area contributed by atoms with Crippen LogP contribution in [0, 0.1) is 13.8 Å². The summed E-state index contributed by atoms with van der Waals surface area (Å²) in [5.41, 5.74) is 4.57. The van der Waals surface area contributed by atoms with E-state index >= 15 is 0 Å². The lowest BCUT2D eigenvalue weighted by molar-refractivity contribution is 0.0499. The second-order valence-electron chi connectivity index (χ2n) is 12.1. The molecule has 2 aliphatic rings. The Labute approximate surface area is 260 Å². The van der Waals surface area contributed by atoms with Crippen molar-refractivity contribution < 1.29 is 24.5 Å². The zero-order valence-electron chi connectivity index (χ0n) is 25.6. The molecule has 4 N–H and O–H groups in total. The number of nitrogens with one attached hydrogen (secondary N) is 2. The highest BCUT2D eigenvalue weighted by Crippen LogP contribution is 2.32. The molecule has 236 valence electrons. The molecule has 45 heavy (non-hydrogen) atoms. The second kappa shape index (κ2) is 13.0. The van der Waals surface area contributed by atoms with Gasteiger partial charge in [0, 0.05) is 38.5 Å². The van der Waals surface area contributed by atoms with Crippen molar-refractivity contribution in [2.75, 3.05) is 32.8 Å². The van der Waals surface area contributed by atoms with Gasteiger partial charge in [0.25, 0.3) is 17.4 Å². The molecule has 2 amide bonds. The highest BCUT2D eigenvalue weighted by atomic mass is 16.5. The number of aliphatic hydroxyl groups is 2. The van der Waals surface area contributed by atoms with E-state index in [1.165, 1.54) is 4.90 Å². The molecule has 2 aliphatic heterocycles. The van der Waals surface area contributed by atoms with Gasteiger partial charge >= 0.3 is 0 Å². The summed E-state index contributed by atoms with van der Waals surface area (Å²) < 4.78 is 5.84. The molecule has 1 atom stereocenters. The number of carbonyl (C=O) groups is 2. The molecular formula is C34H39N5O6. The first-order valence-corrected chi connectivity index (χ1v) is 15.6. The van der Waals surface area contributed by atoms with Crippen LogP contribution >= 0.6 is 0 Å². The number of aryl methyl sites for hydroxylation is 3. The Kier molecular flexibility index (Phi) is 8.84. The Balaban J connectivity index is 1.17. The van der Waals surface area contributed by atoms with E-state index in [4.69, 9.17) is 9.84 Å². The zero-order chi connectivity index (χ0) is 31.7. The number of rotatable bonds is 11. The fourth-order valence-corrected chi connectivity index (χ4v) is 6.45. The lowest BCUT2D eigenvalue weighted by atomic mass is 10.0. The lowest BCUT2D eigenvalue weighted by Crippen LogP contribution is -2.47. The van der Waals surface area contributed by atoms with Gasteiger partial charge in [0.2, 0.25) is 0 Å². The molecule has 4 aromatic rings. The second-order valence-corrected chi connectivity index (χ2v) is 12.1. The molecule has 11 nitrogen and oxygen atoms in total. The molecule has 4 heterocycles. The van der Waals surface area contributed by atoms with E-state index in [0.717, 1.165) is 36.5 Å². The van der Waals surface area contributed by atoms with E-state index in [9.17, 15) is 19.5 Å². The van der Waals surface area contributed by atoms with Gasteiger partial charge in [-0.1, -0.05) is 17.7 Å². The van der Waals surface area contributed by atoms with Gasteiger partial charge in [-0.05, 0) is 81.3 Å². The van der Waals surface area contributed by atoms with Crippen LogP contribution in [0.3, 0.4) is 0 Å². The van der Waals surface area contributed by atoms with Crippen molar-refractivity contribution >= 4 is 22.8 Å². The Bertz CT molecular complexity index is 1730. The molecule has 6 rings (SSSR count). The number of aliphatic hydroxyl groups excluding tert-OH is 2. The molecule has 0 spiro atoms. The highest BCUT2D eigenvalue weighted by molar-refractivity contribution is 6.23. The van der Waals surface area contributed by atoms with E-state index in [1.54, 1.807) is 24.4 Å². The first-order valence-electron chi connectivity index (χ1n) is 15.6. The lowest BCUT2D eigenvalue weighted by Gasteiger charge is -2.35. The number of piperidine rings is 1. The first kappa shape index (κ1) is 30.7. The SMILES string of the molecule is Cc1ccc(OC[C@H](O)CCc2cc[nH]c(=O)c2-c2nc3cc4c(cc3[nH]2)C(=O)N(C2CCN(CCCO)CC2)C4=O)c(C)c1. The number of H-pyrrole nitrogens is 2. The number of hydrogen-bond donors (Lipinski definition) is 4. The van der Waals surface area contributed by atoms with Crippen molar-refractivity contribution in [3.05, 3.63) is 80.8 Å². The number of hydrogen-bond acceptors (Lipinski definition) is 8. The number of aromatic nitrogens is 3. The quantitative estimate of drug-likeness (QED) is 0.188. The third-order valence-corrected chi connectivity index (χ3v) is 8.87. The maximum Gasteiger partial charge on any atom is 0.261 e. The predicted molar refractivity (Wildman–Crippen MR) is 170 cm³/mol. The summed E-state index contributed by atoms with van der Waals surface area (Å²) in [5.74, 6) is 0.437. The van der Waals surface area contributed by atoms with Crippen molar-refractivity contribution in [2.24, 2.45) is 0 Å². The summed E-state index contributed by atoms with van der Waals surface area (Å²) in [6.45, 7) is 6.60. The average molecular weight is 614 g/mol. The molecule has 1 saturated heterocycles. The van der Waals surface area contributed by atoms with E-state index in [-0.39, 0.29) is 36.6 Å². The fourth-order valence-electron chi connectivity index (χ4n) is 6.45. The zero-order valence-corrected chi connectivity index (χ0v) is 25.6. The molecule has 0 aliphatic carbocycles. The summed E-state index contributed by atoms with van der Waals surface area (Å²) in [6, 6.07) is 10.8. The molecule has 0 radical (unpaired) electrons. The van der Waals surface area contributed by atoms with Gasteiger partial charge in [-0.3, -0.25) is 19.3 Å². The summed E-state index contributed by atoms with van der Waals surface area (Å²) in [7, 11) is 0. The first-order chi connectivity index (χ1) is 21.7. The van der Waals surface area contributed by atoms with E-state index in [0.29, 0.717) is 71.2 Å². The fraction of sp³-hybridized carbons (Fsp3) is 0.412.